The second kappa shape index (κ2) is 4.79. The molecule has 1 aromatic carbocycles. The predicted molar refractivity (Wildman–Crippen MR) is 67.5 cm³/mol. The van der Waals surface area contributed by atoms with E-state index in [0.29, 0.717) is 0 Å². The number of aromatic nitrogens is 1. The first-order valence-corrected chi connectivity index (χ1v) is 5.50. The molecule has 1 unspecified atom stereocenters. The fourth-order valence-corrected chi connectivity index (χ4v) is 1.60. The van der Waals surface area contributed by atoms with Gasteiger partial charge in [-0.3, -0.25) is 4.98 Å². The van der Waals surface area contributed by atoms with Crippen molar-refractivity contribution >= 4 is 5.69 Å². The molecule has 0 aliphatic heterocycles. The third-order valence-corrected chi connectivity index (χ3v) is 2.59. The van der Waals surface area contributed by atoms with Gasteiger partial charge in [-0.05, 0) is 37.6 Å². The minimum atomic E-state index is 0.274. The molecule has 2 heteroatoms. The molecule has 0 saturated heterocycles. The fourth-order valence-electron chi connectivity index (χ4n) is 1.60. The van der Waals surface area contributed by atoms with E-state index in [1.165, 1.54) is 5.56 Å². The number of pyridine rings is 1. The maximum absolute atomic E-state index is 4.30. The maximum atomic E-state index is 4.30. The lowest BCUT2D eigenvalue weighted by Crippen LogP contribution is -2.06. The third-order valence-electron chi connectivity index (χ3n) is 2.59. The molecule has 2 nitrogen and oxygen atoms in total. The normalized spacial score (nSPS) is 12.1. The highest BCUT2D eigenvalue weighted by Crippen LogP contribution is 2.17. The summed E-state index contributed by atoms with van der Waals surface area (Å²) in [6.07, 6.45) is 1.93. The zero-order chi connectivity index (χ0) is 11.4. The number of para-hydroxylation sites is 1. The summed E-state index contributed by atoms with van der Waals surface area (Å²) in [6, 6.07) is 14.6. The van der Waals surface area contributed by atoms with E-state index < -0.39 is 0 Å². The highest BCUT2D eigenvalue weighted by molar-refractivity contribution is 5.44. The van der Waals surface area contributed by atoms with E-state index in [9.17, 15) is 0 Å². The molecule has 0 spiro atoms. The quantitative estimate of drug-likeness (QED) is 0.841. The molecule has 2 rings (SSSR count). The van der Waals surface area contributed by atoms with E-state index >= 15 is 0 Å². The Hall–Kier alpha value is -1.83. The van der Waals surface area contributed by atoms with Crippen LogP contribution in [0.5, 0.6) is 0 Å². The summed E-state index contributed by atoms with van der Waals surface area (Å²) in [5.74, 6) is 0. The molecule has 0 aliphatic rings. The zero-order valence-electron chi connectivity index (χ0n) is 9.64. The Morgan fingerprint density at radius 1 is 1.06 bits per heavy atom. The number of rotatable bonds is 3. The van der Waals surface area contributed by atoms with Gasteiger partial charge in [0, 0.05) is 17.6 Å². The van der Waals surface area contributed by atoms with Crippen molar-refractivity contribution in [3.63, 3.8) is 0 Å². The Bertz CT molecular complexity index is 434. The van der Waals surface area contributed by atoms with Crippen LogP contribution >= 0.6 is 0 Å². The first-order chi connectivity index (χ1) is 7.75. The number of nitrogens with one attached hydrogen (secondary N) is 1. The summed E-state index contributed by atoms with van der Waals surface area (Å²) < 4.78 is 0. The number of aryl methyl sites for hydroxylation is 1. The molecule has 1 aromatic heterocycles. The smallest absolute Gasteiger partial charge is 0.0500 e. The number of nitrogens with zero attached hydrogens (tertiary/aromatic N) is 1. The van der Waals surface area contributed by atoms with Crippen molar-refractivity contribution in [2.45, 2.75) is 19.9 Å². The lowest BCUT2D eigenvalue weighted by molar-refractivity contribution is 0.872. The molecule has 0 saturated carbocycles. The summed E-state index contributed by atoms with van der Waals surface area (Å²) in [5.41, 5.74) is 3.39. The van der Waals surface area contributed by atoms with Gasteiger partial charge in [0.2, 0.25) is 0 Å². The average Bonchev–Trinajstić information content (AvgIpc) is 2.31. The molecule has 16 heavy (non-hydrogen) atoms. The van der Waals surface area contributed by atoms with Crippen molar-refractivity contribution in [3.05, 3.63) is 59.9 Å². The highest BCUT2D eigenvalue weighted by atomic mass is 14.9. The van der Waals surface area contributed by atoms with Gasteiger partial charge in [-0.15, -0.1) is 0 Å². The van der Waals surface area contributed by atoms with Gasteiger partial charge < -0.3 is 5.32 Å². The van der Waals surface area contributed by atoms with Crippen LogP contribution in [0.1, 0.15) is 24.2 Å². The molecule has 0 amide bonds. The lowest BCUT2D eigenvalue weighted by Gasteiger charge is -2.15. The molecule has 0 aliphatic carbocycles. The van der Waals surface area contributed by atoms with E-state index in [-0.39, 0.29) is 6.04 Å². The Morgan fingerprint density at radius 2 is 1.81 bits per heavy atom. The molecule has 1 N–H and O–H groups in total. The summed E-state index contributed by atoms with van der Waals surface area (Å²) in [6.45, 7) is 4.14. The van der Waals surface area contributed by atoms with Gasteiger partial charge in [0.15, 0.2) is 0 Å². The van der Waals surface area contributed by atoms with Gasteiger partial charge in [-0.25, -0.2) is 0 Å². The van der Waals surface area contributed by atoms with Crippen LogP contribution in [0.15, 0.2) is 48.7 Å². The Labute approximate surface area is 96.4 Å². The van der Waals surface area contributed by atoms with Gasteiger partial charge >= 0.3 is 0 Å². The van der Waals surface area contributed by atoms with Crippen LogP contribution in [-0.4, -0.2) is 4.98 Å². The van der Waals surface area contributed by atoms with Crippen LogP contribution in [0.4, 0.5) is 5.69 Å². The van der Waals surface area contributed by atoms with E-state index in [4.69, 9.17) is 0 Å². The van der Waals surface area contributed by atoms with Crippen LogP contribution in [0.2, 0.25) is 0 Å². The maximum Gasteiger partial charge on any atom is 0.0500 e. The highest BCUT2D eigenvalue weighted by Gasteiger charge is 2.04. The van der Waals surface area contributed by atoms with Crippen LogP contribution < -0.4 is 5.32 Å². The second-order valence-corrected chi connectivity index (χ2v) is 3.96. The first kappa shape index (κ1) is 10.7. The standard InChI is InChI=1S/C14H16N2/c1-11-8-9-13(10-15-11)12(2)16-14-6-4-3-5-7-14/h3-10,12,16H,1-2H3. The molecule has 0 bridgehead atoms. The lowest BCUT2D eigenvalue weighted by atomic mass is 10.1. The largest absolute Gasteiger partial charge is 0.378 e. The average molecular weight is 212 g/mol. The molecule has 1 atom stereocenters. The van der Waals surface area contributed by atoms with Crippen LogP contribution in [0.3, 0.4) is 0 Å². The third kappa shape index (κ3) is 2.60. The van der Waals surface area contributed by atoms with Crippen molar-refractivity contribution in [1.82, 2.24) is 4.98 Å². The van der Waals surface area contributed by atoms with Gasteiger partial charge in [-0.2, -0.15) is 0 Å². The molecule has 0 fully saturated rings. The van der Waals surface area contributed by atoms with E-state index in [0.717, 1.165) is 11.4 Å². The number of hydrogen-bond acceptors (Lipinski definition) is 2. The van der Waals surface area contributed by atoms with Crippen molar-refractivity contribution in [1.29, 1.82) is 0 Å². The van der Waals surface area contributed by atoms with Gasteiger partial charge in [0.25, 0.3) is 0 Å². The summed E-state index contributed by atoms with van der Waals surface area (Å²) >= 11 is 0. The number of anilines is 1. The van der Waals surface area contributed by atoms with Gasteiger partial charge in [0.1, 0.15) is 0 Å². The Morgan fingerprint density at radius 3 is 2.44 bits per heavy atom. The predicted octanol–water partition coefficient (Wildman–Crippen LogP) is 3.56. The minimum absolute atomic E-state index is 0.274. The zero-order valence-corrected chi connectivity index (χ0v) is 9.64. The fraction of sp³-hybridized carbons (Fsp3) is 0.214. The molecule has 82 valence electrons. The van der Waals surface area contributed by atoms with Crippen molar-refractivity contribution in [2.75, 3.05) is 5.32 Å². The van der Waals surface area contributed by atoms with E-state index in [2.05, 4.69) is 35.4 Å². The van der Waals surface area contributed by atoms with Crippen molar-refractivity contribution in [2.24, 2.45) is 0 Å². The molecular formula is C14H16N2. The van der Waals surface area contributed by atoms with Crippen molar-refractivity contribution < 1.29 is 0 Å². The molecule has 0 radical (unpaired) electrons. The summed E-state index contributed by atoms with van der Waals surface area (Å²) in [7, 11) is 0. The molecule has 2 aromatic rings. The SMILES string of the molecule is Cc1ccc(C(C)Nc2ccccc2)cn1. The van der Waals surface area contributed by atoms with Crippen molar-refractivity contribution in [3.8, 4) is 0 Å². The van der Waals surface area contributed by atoms with E-state index in [1.54, 1.807) is 0 Å². The van der Waals surface area contributed by atoms with Crippen LogP contribution in [-0.2, 0) is 0 Å². The topological polar surface area (TPSA) is 24.9 Å². The molecular weight excluding hydrogens is 196 g/mol. The molecule has 1 heterocycles. The number of hydrogen-bond donors (Lipinski definition) is 1. The second-order valence-electron chi connectivity index (χ2n) is 3.96. The summed E-state index contributed by atoms with van der Waals surface area (Å²) in [4.78, 5) is 4.30. The summed E-state index contributed by atoms with van der Waals surface area (Å²) in [5, 5.41) is 3.44. The monoisotopic (exact) mass is 212 g/mol. The van der Waals surface area contributed by atoms with E-state index in [1.807, 2.05) is 37.4 Å². The minimum Gasteiger partial charge on any atom is -0.378 e. The Balaban J connectivity index is 2.09. The number of benzene rings is 1. The first-order valence-electron chi connectivity index (χ1n) is 5.50. The van der Waals surface area contributed by atoms with Crippen LogP contribution in [0, 0.1) is 6.92 Å². The Kier molecular flexibility index (Phi) is 3.20. The van der Waals surface area contributed by atoms with Gasteiger partial charge in [0.05, 0.1) is 6.04 Å². The van der Waals surface area contributed by atoms with Crippen LogP contribution in [0.25, 0.3) is 0 Å². The van der Waals surface area contributed by atoms with Gasteiger partial charge in [-0.1, -0.05) is 24.3 Å².